The van der Waals surface area contributed by atoms with Gasteiger partial charge in [-0.3, -0.25) is 0 Å². The SMILES string of the molecule is CCCNC1CCCCCC1Sc1ccccc1. The molecule has 1 fully saturated rings. The Morgan fingerprint density at radius 2 is 1.89 bits per heavy atom. The van der Waals surface area contributed by atoms with Gasteiger partial charge in [-0.2, -0.15) is 0 Å². The number of hydrogen-bond donors (Lipinski definition) is 1. The molecule has 1 N–H and O–H groups in total. The fraction of sp³-hybridized carbons (Fsp3) is 0.625. The molecule has 1 saturated carbocycles. The van der Waals surface area contributed by atoms with Gasteiger partial charge in [-0.15, -0.1) is 11.8 Å². The van der Waals surface area contributed by atoms with Gasteiger partial charge in [0.25, 0.3) is 0 Å². The van der Waals surface area contributed by atoms with E-state index >= 15 is 0 Å². The van der Waals surface area contributed by atoms with Crippen molar-refractivity contribution >= 4 is 11.8 Å². The van der Waals surface area contributed by atoms with Crippen molar-refractivity contribution < 1.29 is 0 Å². The number of hydrogen-bond acceptors (Lipinski definition) is 2. The van der Waals surface area contributed by atoms with Crippen LogP contribution in [0.1, 0.15) is 45.4 Å². The predicted octanol–water partition coefficient (Wildman–Crippen LogP) is 4.48. The summed E-state index contributed by atoms with van der Waals surface area (Å²) in [5, 5.41) is 4.51. The summed E-state index contributed by atoms with van der Waals surface area (Å²) in [5.41, 5.74) is 0. The lowest BCUT2D eigenvalue weighted by Gasteiger charge is -2.25. The second kappa shape index (κ2) is 7.85. The Morgan fingerprint density at radius 1 is 1.11 bits per heavy atom. The smallest absolute Gasteiger partial charge is 0.0248 e. The second-order valence-electron chi connectivity index (χ2n) is 5.17. The monoisotopic (exact) mass is 263 g/mol. The van der Waals surface area contributed by atoms with Gasteiger partial charge in [-0.1, -0.05) is 44.4 Å². The molecular weight excluding hydrogens is 238 g/mol. The predicted molar refractivity (Wildman–Crippen MR) is 81.3 cm³/mol. The lowest BCUT2D eigenvalue weighted by Crippen LogP contribution is -2.37. The lowest BCUT2D eigenvalue weighted by molar-refractivity contribution is 0.470. The Hall–Kier alpha value is -0.470. The first-order valence-electron chi connectivity index (χ1n) is 7.35. The highest BCUT2D eigenvalue weighted by molar-refractivity contribution is 8.00. The van der Waals surface area contributed by atoms with Gasteiger partial charge in [-0.25, -0.2) is 0 Å². The van der Waals surface area contributed by atoms with Crippen molar-refractivity contribution in [2.45, 2.75) is 61.6 Å². The molecule has 0 aliphatic heterocycles. The van der Waals surface area contributed by atoms with Gasteiger partial charge in [0, 0.05) is 16.2 Å². The van der Waals surface area contributed by atoms with Gasteiger partial charge < -0.3 is 5.32 Å². The minimum Gasteiger partial charge on any atom is -0.313 e. The van der Waals surface area contributed by atoms with Crippen molar-refractivity contribution in [3.8, 4) is 0 Å². The van der Waals surface area contributed by atoms with Crippen molar-refractivity contribution in [3.05, 3.63) is 30.3 Å². The second-order valence-corrected chi connectivity index (χ2v) is 6.48. The Balaban J connectivity index is 1.96. The maximum absolute atomic E-state index is 3.76. The number of benzene rings is 1. The van der Waals surface area contributed by atoms with Crippen molar-refractivity contribution in [3.63, 3.8) is 0 Å². The minimum atomic E-state index is 0.706. The number of nitrogens with one attached hydrogen (secondary N) is 1. The molecule has 100 valence electrons. The third kappa shape index (κ3) is 4.33. The molecule has 0 amide bonds. The van der Waals surface area contributed by atoms with Crippen LogP contribution in [0.15, 0.2) is 35.2 Å². The molecule has 1 aliphatic carbocycles. The van der Waals surface area contributed by atoms with E-state index in [9.17, 15) is 0 Å². The molecule has 0 saturated heterocycles. The molecule has 18 heavy (non-hydrogen) atoms. The molecule has 0 aromatic heterocycles. The van der Waals surface area contributed by atoms with Gasteiger partial charge in [0.2, 0.25) is 0 Å². The summed E-state index contributed by atoms with van der Waals surface area (Å²) in [7, 11) is 0. The molecule has 2 atom stereocenters. The van der Waals surface area contributed by atoms with E-state index in [0.717, 1.165) is 11.8 Å². The Morgan fingerprint density at radius 3 is 2.67 bits per heavy atom. The standard InChI is InChI=1S/C16H25NS/c1-2-13-17-15-11-7-4-8-12-16(15)18-14-9-5-3-6-10-14/h3,5-6,9-10,15-17H,2,4,7-8,11-13H2,1H3. The van der Waals surface area contributed by atoms with E-state index in [1.165, 1.54) is 43.4 Å². The lowest BCUT2D eigenvalue weighted by atomic mass is 10.1. The van der Waals surface area contributed by atoms with Gasteiger partial charge in [0.15, 0.2) is 0 Å². The minimum absolute atomic E-state index is 0.706. The third-order valence-corrected chi connectivity index (χ3v) is 5.05. The Kier molecular flexibility index (Phi) is 6.09. The average molecular weight is 263 g/mol. The van der Waals surface area contributed by atoms with Crippen LogP contribution < -0.4 is 5.32 Å². The summed E-state index contributed by atoms with van der Waals surface area (Å²) in [6.07, 6.45) is 8.16. The normalized spacial score (nSPS) is 24.7. The highest BCUT2D eigenvalue weighted by atomic mass is 32.2. The highest BCUT2D eigenvalue weighted by Gasteiger charge is 2.23. The molecule has 1 nitrogen and oxygen atoms in total. The first kappa shape index (κ1) is 14.0. The fourth-order valence-corrected chi connectivity index (χ4v) is 4.00. The summed E-state index contributed by atoms with van der Waals surface area (Å²) in [6.45, 7) is 3.42. The van der Waals surface area contributed by atoms with Crippen LogP contribution in [0.3, 0.4) is 0 Å². The zero-order valence-corrected chi connectivity index (χ0v) is 12.2. The van der Waals surface area contributed by atoms with E-state index in [2.05, 4.69) is 54.3 Å². The van der Waals surface area contributed by atoms with Crippen LogP contribution in [-0.4, -0.2) is 17.8 Å². The molecule has 1 aromatic carbocycles. The van der Waals surface area contributed by atoms with Crippen molar-refractivity contribution in [1.82, 2.24) is 5.32 Å². The third-order valence-electron chi connectivity index (χ3n) is 3.64. The Labute approximate surface area is 116 Å². The molecule has 1 aromatic rings. The van der Waals surface area contributed by atoms with Crippen LogP contribution in [0.25, 0.3) is 0 Å². The number of rotatable bonds is 5. The zero-order chi connectivity index (χ0) is 12.6. The average Bonchev–Trinajstić information content (AvgIpc) is 2.63. The maximum Gasteiger partial charge on any atom is 0.0248 e. The first-order valence-corrected chi connectivity index (χ1v) is 8.23. The largest absolute Gasteiger partial charge is 0.313 e. The molecule has 0 spiro atoms. The zero-order valence-electron chi connectivity index (χ0n) is 11.4. The van der Waals surface area contributed by atoms with E-state index in [-0.39, 0.29) is 0 Å². The molecular formula is C16H25NS. The first-order chi connectivity index (χ1) is 8.90. The van der Waals surface area contributed by atoms with E-state index in [4.69, 9.17) is 0 Å². The summed E-state index contributed by atoms with van der Waals surface area (Å²) < 4.78 is 0. The highest BCUT2D eigenvalue weighted by Crippen LogP contribution is 2.32. The summed E-state index contributed by atoms with van der Waals surface area (Å²) in [6, 6.07) is 11.6. The Bertz CT molecular complexity index is 325. The summed E-state index contributed by atoms with van der Waals surface area (Å²) in [5.74, 6) is 0. The molecule has 1 aliphatic rings. The van der Waals surface area contributed by atoms with Crippen LogP contribution >= 0.6 is 11.8 Å². The number of thioether (sulfide) groups is 1. The van der Waals surface area contributed by atoms with Crippen LogP contribution in [-0.2, 0) is 0 Å². The van der Waals surface area contributed by atoms with Crippen molar-refractivity contribution in [2.24, 2.45) is 0 Å². The molecule has 0 bridgehead atoms. The van der Waals surface area contributed by atoms with Crippen LogP contribution in [0, 0.1) is 0 Å². The van der Waals surface area contributed by atoms with Gasteiger partial charge in [0.1, 0.15) is 0 Å². The van der Waals surface area contributed by atoms with Crippen LogP contribution in [0.2, 0.25) is 0 Å². The van der Waals surface area contributed by atoms with E-state index in [1.54, 1.807) is 0 Å². The fourth-order valence-electron chi connectivity index (χ4n) is 2.65. The van der Waals surface area contributed by atoms with Crippen molar-refractivity contribution in [2.75, 3.05) is 6.54 Å². The molecule has 2 heteroatoms. The van der Waals surface area contributed by atoms with Gasteiger partial charge >= 0.3 is 0 Å². The van der Waals surface area contributed by atoms with Crippen LogP contribution in [0.4, 0.5) is 0 Å². The topological polar surface area (TPSA) is 12.0 Å². The molecule has 2 unspecified atom stereocenters. The van der Waals surface area contributed by atoms with Crippen LogP contribution in [0.5, 0.6) is 0 Å². The van der Waals surface area contributed by atoms with E-state index in [0.29, 0.717) is 6.04 Å². The van der Waals surface area contributed by atoms with Gasteiger partial charge in [-0.05, 0) is 37.9 Å². The van der Waals surface area contributed by atoms with Gasteiger partial charge in [0.05, 0.1) is 0 Å². The summed E-state index contributed by atoms with van der Waals surface area (Å²) in [4.78, 5) is 1.42. The van der Waals surface area contributed by atoms with E-state index < -0.39 is 0 Å². The summed E-state index contributed by atoms with van der Waals surface area (Å²) >= 11 is 2.07. The molecule has 2 rings (SSSR count). The van der Waals surface area contributed by atoms with Crippen molar-refractivity contribution in [1.29, 1.82) is 0 Å². The quantitative estimate of drug-likeness (QED) is 0.786. The molecule has 0 radical (unpaired) electrons. The van der Waals surface area contributed by atoms with E-state index in [1.807, 2.05) is 0 Å². The molecule has 0 heterocycles. The maximum atomic E-state index is 3.76.